The summed E-state index contributed by atoms with van der Waals surface area (Å²) < 4.78 is 0. The summed E-state index contributed by atoms with van der Waals surface area (Å²) in [6.07, 6.45) is 2.73. The van der Waals surface area contributed by atoms with E-state index in [1.165, 1.54) is 0 Å². The van der Waals surface area contributed by atoms with Crippen molar-refractivity contribution < 1.29 is 0 Å². The Morgan fingerprint density at radius 3 is 2.90 bits per heavy atom. The Hall–Kier alpha value is -1.85. The van der Waals surface area contributed by atoms with Crippen LogP contribution >= 0.6 is 11.3 Å². The van der Waals surface area contributed by atoms with E-state index in [0.29, 0.717) is 6.04 Å². The molecule has 108 valence electrons. The highest BCUT2D eigenvalue weighted by molar-refractivity contribution is 7.14. The summed E-state index contributed by atoms with van der Waals surface area (Å²) in [6, 6.07) is 10.7. The lowest BCUT2D eigenvalue weighted by atomic mass is 10.1. The fourth-order valence-electron chi connectivity index (χ4n) is 2.22. The summed E-state index contributed by atoms with van der Waals surface area (Å²) in [5, 5.41) is 15.2. The number of nitrogens with zero attached hydrogens (tertiary/aromatic N) is 3. The van der Waals surface area contributed by atoms with E-state index >= 15 is 0 Å². The summed E-state index contributed by atoms with van der Waals surface area (Å²) in [7, 11) is 0. The summed E-state index contributed by atoms with van der Waals surface area (Å²) in [5.74, 6) is 0. The number of hydrogen-bond acceptors (Lipinski definition) is 5. The lowest BCUT2D eigenvalue weighted by molar-refractivity contribution is 0.588. The zero-order valence-corrected chi connectivity index (χ0v) is 13.0. The van der Waals surface area contributed by atoms with Crippen LogP contribution in [0.4, 0.5) is 0 Å². The van der Waals surface area contributed by atoms with Gasteiger partial charge in [-0.1, -0.05) is 43.4 Å². The molecule has 0 saturated heterocycles. The Kier molecular flexibility index (Phi) is 4.22. The van der Waals surface area contributed by atoms with Gasteiger partial charge in [0.2, 0.25) is 0 Å². The van der Waals surface area contributed by atoms with Gasteiger partial charge in [-0.25, -0.2) is 0 Å². The smallest absolute Gasteiger partial charge is 0.148 e. The van der Waals surface area contributed by atoms with Gasteiger partial charge >= 0.3 is 0 Å². The van der Waals surface area contributed by atoms with Crippen LogP contribution in [0.15, 0.2) is 36.5 Å². The van der Waals surface area contributed by atoms with Crippen LogP contribution in [0.2, 0.25) is 0 Å². The van der Waals surface area contributed by atoms with Gasteiger partial charge in [-0.15, -0.1) is 10.2 Å². The van der Waals surface area contributed by atoms with Crippen molar-refractivity contribution in [2.45, 2.75) is 26.3 Å². The van der Waals surface area contributed by atoms with E-state index in [2.05, 4.69) is 46.5 Å². The minimum atomic E-state index is 0.501. The maximum absolute atomic E-state index is 4.39. The fourth-order valence-corrected chi connectivity index (χ4v) is 3.10. The molecule has 0 amide bonds. The molecule has 0 atom stereocenters. The first-order valence-electron chi connectivity index (χ1n) is 7.14. The fraction of sp³-hybridized carbons (Fsp3) is 0.312. The third-order valence-corrected chi connectivity index (χ3v) is 4.25. The summed E-state index contributed by atoms with van der Waals surface area (Å²) in [5.41, 5.74) is 2.11. The molecule has 1 N–H and O–H groups in total. The summed E-state index contributed by atoms with van der Waals surface area (Å²) >= 11 is 1.66. The number of hydrogen-bond donors (Lipinski definition) is 1. The van der Waals surface area contributed by atoms with Crippen LogP contribution in [0, 0.1) is 0 Å². The highest BCUT2D eigenvalue weighted by atomic mass is 32.1. The van der Waals surface area contributed by atoms with Gasteiger partial charge in [0.25, 0.3) is 0 Å². The van der Waals surface area contributed by atoms with Crippen LogP contribution in [-0.4, -0.2) is 27.8 Å². The van der Waals surface area contributed by atoms with E-state index in [4.69, 9.17) is 0 Å². The number of aromatic nitrogens is 3. The largest absolute Gasteiger partial charge is 0.314 e. The normalized spacial score (nSPS) is 11.4. The van der Waals surface area contributed by atoms with E-state index in [-0.39, 0.29) is 0 Å². The molecule has 0 radical (unpaired) electrons. The number of pyridine rings is 1. The minimum Gasteiger partial charge on any atom is -0.314 e. The first-order valence-corrected chi connectivity index (χ1v) is 7.95. The van der Waals surface area contributed by atoms with E-state index in [1.54, 1.807) is 11.3 Å². The van der Waals surface area contributed by atoms with Crippen LogP contribution < -0.4 is 5.32 Å². The number of rotatable bonds is 5. The molecule has 0 spiro atoms. The molecular weight excluding hydrogens is 280 g/mol. The number of fused-ring (bicyclic) bond motifs is 1. The van der Waals surface area contributed by atoms with Gasteiger partial charge in [0.15, 0.2) is 0 Å². The maximum atomic E-state index is 4.39. The molecule has 0 bridgehead atoms. The molecule has 3 aromatic rings. The van der Waals surface area contributed by atoms with E-state index < -0.39 is 0 Å². The third kappa shape index (κ3) is 3.25. The minimum absolute atomic E-state index is 0.501. The van der Waals surface area contributed by atoms with Gasteiger partial charge in [-0.05, 0) is 12.1 Å². The number of benzene rings is 1. The Morgan fingerprint density at radius 2 is 2.05 bits per heavy atom. The Morgan fingerprint density at radius 1 is 1.14 bits per heavy atom. The van der Waals surface area contributed by atoms with Crippen molar-refractivity contribution in [1.29, 1.82) is 0 Å². The molecule has 2 aromatic heterocycles. The van der Waals surface area contributed by atoms with Crippen molar-refractivity contribution in [2.75, 3.05) is 6.54 Å². The first-order chi connectivity index (χ1) is 10.2. The SMILES string of the molecule is CC(C)NCCc1nnc(-c2cccc3ncccc23)s1. The molecule has 0 aliphatic rings. The van der Waals surface area contributed by atoms with Crippen LogP contribution in [0.5, 0.6) is 0 Å². The van der Waals surface area contributed by atoms with Crippen molar-refractivity contribution in [3.05, 3.63) is 41.5 Å². The topological polar surface area (TPSA) is 50.7 Å². The van der Waals surface area contributed by atoms with Crippen LogP contribution in [-0.2, 0) is 6.42 Å². The summed E-state index contributed by atoms with van der Waals surface area (Å²) in [6.45, 7) is 5.23. The van der Waals surface area contributed by atoms with Crippen molar-refractivity contribution in [2.24, 2.45) is 0 Å². The Balaban J connectivity index is 1.85. The number of nitrogens with one attached hydrogen (secondary N) is 1. The molecule has 0 aliphatic carbocycles. The molecule has 4 nitrogen and oxygen atoms in total. The molecule has 21 heavy (non-hydrogen) atoms. The second kappa shape index (κ2) is 6.28. The van der Waals surface area contributed by atoms with Gasteiger partial charge in [-0.3, -0.25) is 4.98 Å². The first kappa shape index (κ1) is 14.1. The van der Waals surface area contributed by atoms with Crippen molar-refractivity contribution in [3.8, 4) is 10.6 Å². The molecule has 1 aromatic carbocycles. The highest BCUT2D eigenvalue weighted by Gasteiger charge is 2.10. The van der Waals surface area contributed by atoms with E-state index in [1.807, 2.05) is 24.4 Å². The summed E-state index contributed by atoms with van der Waals surface area (Å²) in [4.78, 5) is 4.39. The molecule has 0 saturated carbocycles. The van der Waals surface area contributed by atoms with Gasteiger partial charge in [-0.2, -0.15) is 0 Å². The zero-order valence-electron chi connectivity index (χ0n) is 12.2. The monoisotopic (exact) mass is 298 g/mol. The van der Waals surface area contributed by atoms with Crippen LogP contribution in [0.25, 0.3) is 21.5 Å². The molecule has 3 rings (SSSR count). The maximum Gasteiger partial charge on any atom is 0.148 e. The van der Waals surface area contributed by atoms with Gasteiger partial charge in [0, 0.05) is 36.2 Å². The van der Waals surface area contributed by atoms with Gasteiger partial charge in [0.05, 0.1) is 5.52 Å². The molecule has 0 aliphatic heterocycles. The van der Waals surface area contributed by atoms with Gasteiger partial charge < -0.3 is 5.32 Å². The zero-order chi connectivity index (χ0) is 14.7. The predicted octanol–water partition coefficient (Wildman–Crippen LogP) is 3.29. The molecular formula is C16H18N4S. The Labute approximate surface area is 128 Å². The molecule has 5 heteroatoms. The van der Waals surface area contributed by atoms with Crippen molar-refractivity contribution >= 4 is 22.2 Å². The van der Waals surface area contributed by atoms with Crippen LogP contribution in [0.1, 0.15) is 18.9 Å². The average Bonchev–Trinajstić information content (AvgIpc) is 2.95. The van der Waals surface area contributed by atoms with E-state index in [0.717, 1.165) is 39.4 Å². The second-order valence-corrected chi connectivity index (χ2v) is 6.30. The molecule has 2 heterocycles. The lowest BCUT2D eigenvalue weighted by Gasteiger charge is -2.05. The standard InChI is InChI=1S/C16H18N4S/c1-11(2)17-10-8-15-19-20-16(21-15)13-5-3-7-14-12(13)6-4-9-18-14/h3-7,9,11,17H,8,10H2,1-2H3. The third-order valence-electron chi connectivity index (χ3n) is 3.23. The van der Waals surface area contributed by atoms with Crippen molar-refractivity contribution in [1.82, 2.24) is 20.5 Å². The molecule has 0 fully saturated rings. The second-order valence-electron chi connectivity index (χ2n) is 5.24. The lowest BCUT2D eigenvalue weighted by Crippen LogP contribution is -2.24. The van der Waals surface area contributed by atoms with Crippen molar-refractivity contribution in [3.63, 3.8) is 0 Å². The highest BCUT2D eigenvalue weighted by Crippen LogP contribution is 2.29. The predicted molar refractivity (Wildman–Crippen MR) is 87.5 cm³/mol. The molecule has 0 unspecified atom stereocenters. The quantitative estimate of drug-likeness (QED) is 0.785. The van der Waals surface area contributed by atoms with Gasteiger partial charge in [0.1, 0.15) is 10.0 Å². The van der Waals surface area contributed by atoms with Crippen LogP contribution in [0.3, 0.4) is 0 Å². The Bertz CT molecular complexity index is 730. The average molecular weight is 298 g/mol. The van der Waals surface area contributed by atoms with E-state index in [9.17, 15) is 0 Å².